The van der Waals surface area contributed by atoms with Gasteiger partial charge in [0.25, 0.3) is 5.91 Å². The third-order valence-corrected chi connectivity index (χ3v) is 4.57. The Kier molecular flexibility index (Phi) is 5.54. The lowest BCUT2D eigenvalue weighted by Crippen LogP contribution is -2.40. The highest BCUT2D eigenvalue weighted by atomic mass is 19.1. The number of benzene rings is 1. The van der Waals surface area contributed by atoms with E-state index in [4.69, 9.17) is 4.98 Å². The van der Waals surface area contributed by atoms with Crippen molar-refractivity contribution in [2.75, 3.05) is 0 Å². The van der Waals surface area contributed by atoms with Crippen molar-refractivity contribution < 1.29 is 9.18 Å². The van der Waals surface area contributed by atoms with Crippen molar-refractivity contribution in [3.8, 4) is 22.6 Å². The Balaban J connectivity index is 2.20. The number of aryl methyl sites for hydroxylation is 1. The second-order valence-electron chi connectivity index (χ2n) is 9.59. The second kappa shape index (κ2) is 7.67. The predicted molar refractivity (Wildman–Crippen MR) is 118 cm³/mol. The smallest absolute Gasteiger partial charge is 0.251 e. The SMILES string of the molecule is Cc1cc(-c2cc(C(=O)NC(C)(C)C)cc(-c3ccnn3C(C)(C)C)n2)ccc1F. The normalized spacial score (nSPS) is 12.1. The summed E-state index contributed by atoms with van der Waals surface area (Å²) in [5.74, 6) is -0.459. The van der Waals surface area contributed by atoms with Crippen LogP contribution < -0.4 is 5.32 Å². The average molecular weight is 409 g/mol. The van der Waals surface area contributed by atoms with Crippen molar-refractivity contribution >= 4 is 5.91 Å². The van der Waals surface area contributed by atoms with E-state index in [9.17, 15) is 9.18 Å². The van der Waals surface area contributed by atoms with Crippen molar-refractivity contribution in [3.05, 3.63) is 59.5 Å². The number of rotatable bonds is 3. The van der Waals surface area contributed by atoms with Gasteiger partial charge in [-0.1, -0.05) is 0 Å². The summed E-state index contributed by atoms with van der Waals surface area (Å²) in [4.78, 5) is 17.8. The molecule has 0 aliphatic heterocycles. The fourth-order valence-corrected chi connectivity index (χ4v) is 3.19. The van der Waals surface area contributed by atoms with Crippen LogP contribution in [0.3, 0.4) is 0 Å². The molecule has 158 valence electrons. The Morgan fingerprint density at radius 3 is 2.27 bits per heavy atom. The van der Waals surface area contributed by atoms with Gasteiger partial charge in [-0.2, -0.15) is 5.10 Å². The van der Waals surface area contributed by atoms with Crippen LogP contribution in [0.15, 0.2) is 42.6 Å². The molecule has 0 aliphatic rings. The van der Waals surface area contributed by atoms with Crippen LogP contribution in [0.2, 0.25) is 0 Å². The molecule has 0 saturated heterocycles. The molecular weight excluding hydrogens is 379 g/mol. The molecule has 6 heteroatoms. The molecule has 2 aromatic heterocycles. The van der Waals surface area contributed by atoms with Crippen molar-refractivity contribution in [1.29, 1.82) is 0 Å². The van der Waals surface area contributed by atoms with Gasteiger partial charge in [-0.3, -0.25) is 9.48 Å². The van der Waals surface area contributed by atoms with Gasteiger partial charge in [0, 0.05) is 22.9 Å². The number of carbonyl (C=O) groups excluding carboxylic acids is 1. The first-order valence-electron chi connectivity index (χ1n) is 10.0. The van der Waals surface area contributed by atoms with Gasteiger partial charge in [0.15, 0.2) is 0 Å². The maximum absolute atomic E-state index is 13.8. The highest BCUT2D eigenvalue weighted by molar-refractivity contribution is 5.96. The molecule has 0 atom stereocenters. The summed E-state index contributed by atoms with van der Waals surface area (Å²) < 4.78 is 15.7. The van der Waals surface area contributed by atoms with Crippen molar-refractivity contribution in [3.63, 3.8) is 0 Å². The van der Waals surface area contributed by atoms with Gasteiger partial charge in [0.2, 0.25) is 0 Å². The van der Waals surface area contributed by atoms with E-state index in [0.29, 0.717) is 22.5 Å². The third-order valence-electron chi connectivity index (χ3n) is 4.57. The number of halogens is 1. The topological polar surface area (TPSA) is 59.8 Å². The fourth-order valence-electron chi connectivity index (χ4n) is 3.19. The molecule has 2 heterocycles. The lowest BCUT2D eigenvalue weighted by atomic mass is 10.0. The molecule has 0 unspecified atom stereocenters. The van der Waals surface area contributed by atoms with Gasteiger partial charge >= 0.3 is 0 Å². The zero-order valence-corrected chi connectivity index (χ0v) is 18.7. The number of nitrogens with one attached hydrogen (secondary N) is 1. The van der Waals surface area contributed by atoms with Crippen LogP contribution in [-0.2, 0) is 5.54 Å². The Labute approximate surface area is 177 Å². The van der Waals surface area contributed by atoms with Crippen LogP contribution in [0.4, 0.5) is 4.39 Å². The molecule has 0 radical (unpaired) electrons. The van der Waals surface area contributed by atoms with Gasteiger partial charge < -0.3 is 5.32 Å². The van der Waals surface area contributed by atoms with Crippen LogP contribution in [0.25, 0.3) is 22.6 Å². The van der Waals surface area contributed by atoms with Gasteiger partial charge in [0.1, 0.15) is 5.82 Å². The summed E-state index contributed by atoms with van der Waals surface area (Å²) in [5, 5.41) is 7.46. The molecule has 0 saturated carbocycles. The molecule has 1 amide bonds. The van der Waals surface area contributed by atoms with Gasteiger partial charge in [-0.05, 0) is 90.4 Å². The second-order valence-corrected chi connectivity index (χ2v) is 9.59. The molecular formula is C24H29FN4O. The van der Waals surface area contributed by atoms with Gasteiger partial charge in [-0.15, -0.1) is 0 Å². The Morgan fingerprint density at radius 2 is 1.67 bits per heavy atom. The summed E-state index contributed by atoms with van der Waals surface area (Å²) >= 11 is 0. The molecule has 0 bridgehead atoms. The van der Waals surface area contributed by atoms with Crippen LogP contribution >= 0.6 is 0 Å². The van der Waals surface area contributed by atoms with E-state index in [1.165, 1.54) is 6.07 Å². The Bertz CT molecular complexity index is 1090. The number of nitrogens with zero attached hydrogens (tertiary/aromatic N) is 3. The first-order valence-corrected chi connectivity index (χ1v) is 10.0. The molecule has 3 rings (SSSR count). The zero-order chi connectivity index (χ0) is 22.3. The third kappa shape index (κ3) is 4.75. The van der Waals surface area contributed by atoms with Gasteiger partial charge in [-0.25, -0.2) is 9.37 Å². The zero-order valence-electron chi connectivity index (χ0n) is 18.7. The molecule has 5 nitrogen and oxygen atoms in total. The van der Waals surface area contributed by atoms with Crippen LogP contribution in [0, 0.1) is 12.7 Å². The molecule has 0 fully saturated rings. The minimum Gasteiger partial charge on any atom is -0.347 e. The number of carbonyl (C=O) groups is 1. The number of hydrogen-bond acceptors (Lipinski definition) is 3. The van der Waals surface area contributed by atoms with E-state index in [1.807, 2.05) is 31.5 Å². The van der Waals surface area contributed by atoms with Crippen molar-refractivity contribution in [1.82, 2.24) is 20.1 Å². The van der Waals surface area contributed by atoms with Crippen LogP contribution in [0.1, 0.15) is 57.5 Å². The number of amides is 1. The minimum absolute atomic E-state index is 0.187. The van der Waals surface area contributed by atoms with Gasteiger partial charge in [0.05, 0.1) is 22.6 Å². The molecule has 0 aliphatic carbocycles. The minimum atomic E-state index is -0.375. The summed E-state index contributed by atoms with van der Waals surface area (Å²) in [6, 6.07) is 10.3. The summed E-state index contributed by atoms with van der Waals surface area (Å²) in [6.45, 7) is 13.7. The summed E-state index contributed by atoms with van der Waals surface area (Å²) in [7, 11) is 0. The molecule has 1 aromatic carbocycles. The van der Waals surface area contributed by atoms with E-state index in [2.05, 4.69) is 31.2 Å². The molecule has 0 spiro atoms. The van der Waals surface area contributed by atoms with Crippen molar-refractivity contribution in [2.24, 2.45) is 0 Å². The number of hydrogen-bond donors (Lipinski definition) is 1. The van der Waals surface area contributed by atoms with E-state index in [1.54, 1.807) is 37.4 Å². The average Bonchev–Trinajstić information content (AvgIpc) is 3.12. The Hall–Kier alpha value is -3.02. The van der Waals surface area contributed by atoms with E-state index in [0.717, 1.165) is 11.3 Å². The highest BCUT2D eigenvalue weighted by Gasteiger charge is 2.22. The lowest BCUT2D eigenvalue weighted by molar-refractivity contribution is 0.0919. The van der Waals surface area contributed by atoms with Crippen molar-refractivity contribution in [2.45, 2.75) is 59.5 Å². The molecule has 1 N–H and O–H groups in total. The standard InChI is InChI=1S/C24H29FN4O/c1-15-12-16(8-9-18(15)25)19-13-17(22(30)28-23(2,3)4)14-20(27-19)21-10-11-26-29(21)24(5,6)7/h8-14H,1-7H3,(H,28,30). The van der Waals surface area contributed by atoms with E-state index in [-0.39, 0.29) is 22.8 Å². The fraction of sp³-hybridized carbons (Fsp3) is 0.375. The Morgan fingerprint density at radius 1 is 1.00 bits per heavy atom. The van der Waals surface area contributed by atoms with E-state index < -0.39 is 0 Å². The van der Waals surface area contributed by atoms with Crippen LogP contribution in [-0.4, -0.2) is 26.2 Å². The largest absolute Gasteiger partial charge is 0.347 e. The maximum atomic E-state index is 13.8. The predicted octanol–water partition coefficient (Wildman–Crippen LogP) is 5.34. The monoisotopic (exact) mass is 408 g/mol. The quantitative estimate of drug-likeness (QED) is 0.636. The highest BCUT2D eigenvalue weighted by Crippen LogP contribution is 2.29. The van der Waals surface area contributed by atoms with E-state index >= 15 is 0 Å². The molecule has 3 aromatic rings. The number of aromatic nitrogens is 3. The van der Waals surface area contributed by atoms with Crippen LogP contribution in [0.5, 0.6) is 0 Å². The summed E-state index contributed by atoms with van der Waals surface area (Å²) in [5.41, 5.74) is 3.21. The summed E-state index contributed by atoms with van der Waals surface area (Å²) in [6.07, 6.45) is 1.73. The maximum Gasteiger partial charge on any atom is 0.251 e. The first kappa shape index (κ1) is 21.7. The first-order chi connectivity index (χ1) is 13.8. The number of pyridine rings is 1. The lowest BCUT2D eigenvalue weighted by Gasteiger charge is -2.23. The molecule has 30 heavy (non-hydrogen) atoms.